The molecule has 20 heavy (non-hydrogen) atoms. The van der Waals surface area contributed by atoms with E-state index in [0.29, 0.717) is 6.54 Å². The van der Waals surface area contributed by atoms with Crippen molar-refractivity contribution in [3.8, 4) is 0 Å². The van der Waals surface area contributed by atoms with E-state index in [4.69, 9.17) is 0 Å². The largest absolute Gasteiger partial charge is 0.348 e. The minimum atomic E-state index is -0.516. The van der Waals surface area contributed by atoms with Crippen molar-refractivity contribution in [2.75, 3.05) is 0 Å². The van der Waals surface area contributed by atoms with E-state index in [2.05, 4.69) is 5.32 Å². The number of nitro benzene ring substituents is 1. The van der Waals surface area contributed by atoms with E-state index in [0.717, 1.165) is 11.1 Å². The van der Waals surface area contributed by atoms with Gasteiger partial charge in [-0.05, 0) is 24.1 Å². The fourth-order valence-corrected chi connectivity index (χ4v) is 1.85. The van der Waals surface area contributed by atoms with E-state index in [1.54, 1.807) is 6.07 Å². The van der Waals surface area contributed by atoms with Crippen LogP contribution in [0.3, 0.4) is 0 Å². The van der Waals surface area contributed by atoms with E-state index >= 15 is 0 Å². The van der Waals surface area contributed by atoms with Gasteiger partial charge in [0.2, 0.25) is 0 Å². The lowest BCUT2D eigenvalue weighted by Gasteiger charge is -2.07. The first kappa shape index (κ1) is 13.7. The third kappa shape index (κ3) is 3.20. The van der Waals surface area contributed by atoms with Gasteiger partial charge in [-0.15, -0.1) is 0 Å². The van der Waals surface area contributed by atoms with Crippen LogP contribution in [-0.2, 0) is 6.54 Å². The molecule has 0 bridgehead atoms. The maximum Gasteiger partial charge on any atom is 0.270 e. The van der Waals surface area contributed by atoms with Gasteiger partial charge in [0.15, 0.2) is 0 Å². The third-order valence-electron chi connectivity index (χ3n) is 3.02. The van der Waals surface area contributed by atoms with Gasteiger partial charge in [-0.3, -0.25) is 14.9 Å². The Labute approximate surface area is 116 Å². The summed E-state index contributed by atoms with van der Waals surface area (Å²) in [7, 11) is 0. The van der Waals surface area contributed by atoms with E-state index in [1.807, 2.05) is 31.2 Å². The molecule has 1 N–H and O–H groups in total. The van der Waals surface area contributed by atoms with Crippen LogP contribution in [-0.4, -0.2) is 10.8 Å². The Kier molecular flexibility index (Phi) is 4.10. The maximum atomic E-state index is 12.0. The quantitative estimate of drug-likeness (QED) is 0.685. The zero-order chi connectivity index (χ0) is 14.5. The van der Waals surface area contributed by atoms with Gasteiger partial charge in [-0.1, -0.05) is 30.3 Å². The highest BCUT2D eigenvalue weighted by Crippen LogP contribution is 2.13. The molecule has 0 saturated carbocycles. The second-order valence-electron chi connectivity index (χ2n) is 4.42. The van der Waals surface area contributed by atoms with Crippen molar-refractivity contribution in [1.29, 1.82) is 0 Å². The molecule has 0 atom stereocenters. The Morgan fingerprint density at radius 3 is 2.65 bits per heavy atom. The first-order chi connectivity index (χ1) is 9.58. The summed E-state index contributed by atoms with van der Waals surface area (Å²) in [5, 5.41) is 13.4. The minimum Gasteiger partial charge on any atom is -0.348 e. The molecule has 102 valence electrons. The van der Waals surface area contributed by atoms with E-state index in [9.17, 15) is 14.9 Å². The number of benzene rings is 2. The van der Waals surface area contributed by atoms with E-state index in [1.165, 1.54) is 18.2 Å². The molecule has 0 unspecified atom stereocenters. The summed E-state index contributed by atoms with van der Waals surface area (Å²) in [6.07, 6.45) is 0. The number of nitro groups is 1. The zero-order valence-corrected chi connectivity index (χ0v) is 11.0. The monoisotopic (exact) mass is 270 g/mol. The summed E-state index contributed by atoms with van der Waals surface area (Å²) in [4.78, 5) is 22.1. The van der Waals surface area contributed by atoms with Gasteiger partial charge in [0.1, 0.15) is 0 Å². The van der Waals surface area contributed by atoms with E-state index in [-0.39, 0.29) is 17.2 Å². The molecule has 1 amide bonds. The van der Waals surface area contributed by atoms with Crippen molar-refractivity contribution in [3.63, 3.8) is 0 Å². The highest BCUT2D eigenvalue weighted by Gasteiger charge is 2.11. The molecule has 0 spiro atoms. The van der Waals surface area contributed by atoms with Crippen molar-refractivity contribution in [2.24, 2.45) is 0 Å². The lowest BCUT2D eigenvalue weighted by molar-refractivity contribution is -0.384. The predicted octanol–water partition coefficient (Wildman–Crippen LogP) is 2.83. The summed E-state index contributed by atoms with van der Waals surface area (Å²) in [6.45, 7) is 2.36. The van der Waals surface area contributed by atoms with Crippen LogP contribution in [0.1, 0.15) is 21.5 Å². The van der Waals surface area contributed by atoms with Crippen LogP contribution in [0.25, 0.3) is 0 Å². The van der Waals surface area contributed by atoms with Gasteiger partial charge < -0.3 is 5.32 Å². The molecule has 2 rings (SSSR count). The molecule has 5 heteroatoms. The molecule has 0 fully saturated rings. The van der Waals surface area contributed by atoms with E-state index < -0.39 is 4.92 Å². The van der Waals surface area contributed by atoms with Crippen molar-refractivity contribution < 1.29 is 9.72 Å². The second kappa shape index (κ2) is 5.97. The molecule has 0 aliphatic carbocycles. The summed E-state index contributed by atoms with van der Waals surface area (Å²) in [5.74, 6) is -0.322. The summed E-state index contributed by atoms with van der Waals surface area (Å²) < 4.78 is 0. The first-order valence-electron chi connectivity index (χ1n) is 6.15. The average molecular weight is 270 g/mol. The fraction of sp³-hybridized carbons (Fsp3) is 0.133. The van der Waals surface area contributed by atoms with Crippen molar-refractivity contribution >= 4 is 11.6 Å². The summed E-state index contributed by atoms with van der Waals surface area (Å²) in [6, 6.07) is 13.4. The minimum absolute atomic E-state index is 0.0893. The van der Waals surface area contributed by atoms with Gasteiger partial charge in [0, 0.05) is 24.2 Å². The van der Waals surface area contributed by atoms with Crippen LogP contribution in [0.2, 0.25) is 0 Å². The second-order valence-corrected chi connectivity index (χ2v) is 4.42. The molecule has 0 radical (unpaired) electrons. The number of hydrogen-bond donors (Lipinski definition) is 1. The highest BCUT2D eigenvalue weighted by molar-refractivity contribution is 5.94. The van der Waals surface area contributed by atoms with Gasteiger partial charge in [0.05, 0.1) is 4.92 Å². The molecule has 0 heterocycles. The Hall–Kier alpha value is -2.69. The number of nitrogens with one attached hydrogen (secondary N) is 1. The number of non-ortho nitro benzene ring substituents is 1. The van der Waals surface area contributed by atoms with Crippen LogP contribution in [0.15, 0.2) is 48.5 Å². The van der Waals surface area contributed by atoms with Crippen LogP contribution < -0.4 is 5.32 Å². The van der Waals surface area contributed by atoms with Crippen LogP contribution in [0.4, 0.5) is 5.69 Å². The first-order valence-corrected chi connectivity index (χ1v) is 6.15. The number of amides is 1. The lowest BCUT2D eigenvalue weighted by atomic mass is 10.1. The number of nitrogens with zero attached hydrogens (tertiary/aromatic N) is 1. The van der Waals surface area contributed by atoms with Gasteiger partial charge in [0.25, 0.3) is 11.6 Å². The fourth-order valence-electron chi connectivity index (χ4n) is 1.85. The van der Waals surface area contributed by atoms with Crippen molar-refractivity contribution in [3.05, 3.63) is 75.3 Å². The third-order valence-corrected chi connectivity index (χ3v) is 3.02. The predicted molar refractivity (Wildman–Crippen MR) is 75.4 cm³/mol. The Balaban J connectivity index is 2.07. The lowest BCUT2D eigenvalue weighted by Crippen LogP contribution is -2.23. The Morgan fingerprint density at radius 2 is 1.95 bits per heavy atom. The zero-order valence-electron chi connectivity index (χ0n) is 11.0. The summed E-state index contributed by atoms with van der Waals surface area (Å²) >= 11 is 0. The smallest absolute Gasteiger partial charge is 0.270 e. The Bertz CT molecular complexity index is 653. The van der Waals surface area contributed by atoms with Crippen molar-refractivity contribution in [2.45, 2.75) is 13.5 Å². The number of carbonyl (C=O) groups excluding carboxylic acids is 1. The molecule has 5 nitrogen and oxygen atoms in total. The Morgan fingerprint density at radius 1 is 1.20 bits per heavy atom. The number of aryl methyl sites for hydroxylation is 1. The average Bonchev–Trinajstić information content (AvgIpc) is 2.46. The maximum absolute atomic E-state index is 12.0. The molecular formula is C15H14N2O3. The van der Waals surface area contributed by atoms with Crippen LogP contribution in [0, 0.1) is 17.0 Å². The molecule has 0 aliphatic heterocycles. The number of carbonyl (C=O) groups is 1. The topological polar surface area (TPSA) is 72.2 Å². The molecule has 0 saturated heterocycles. The normalized spacial score (nSPS) is 10.1. The molecular weight excluding hydrogens is 256 g/mol. The number of hydrogen-bond acceptors (Lipinski definition) is 3. The molecule has 2 aromatic carbocycles. The standard InChI is InChI=1S/C15H14N2O3/c1-11-5-2-3-6-13(11)10-16-15(18)12-7-4-8-14(9-12)17(19)20/h2-9H,10H2,1H3,(H,16,18). The van der Waals surface area contributed by atoms with Gasteiger partial charge in [-0.2, -0.15) is 0 Å². The van der Waals surface area contributed by atoms with Crippen LogP contribution in [0.5, 0.6) is 0 Å². The molecule has 2 aromatic rings. The summed E-state index contributed by atoms with van der Waals surface area (Å²) in [5.41, 5.74) is 2.31. The highest BCUT2D eigenvalue weighted by atomic mass is 16.6. The molecule has 0 aromatic heterocycles. The van der Waals surface area contributed by atoms with Crippen molar-refractivity contribution in [1.82, 2.24) is 5.32 Å². The number of rotatable bonds is 4. The van der Waals surface area contributed by atoms with Crippen LogP contribution >= 0.6 is 0 Å². The molecule has 0 aliphatic rings. The van der Waals surface area contributed by atoms with Gasteiger partial charge >= 0.3 is 0 Å². The van der Waals surface area contributed by atoms with Gasteiger partial charge in [-0.25, -0.2) is 0 Å². The SMILES string of the molecule is Cc1ccccc1CNC(=O)c1cccc([N+](=O)[O-])c1.